The fourth-order valence-corrected chi connectivity index (χ4v) is 3.25. The molecule has 4 rings (SSSR count). The average Bonchev–Trinajstić information content (AvgIpc) is 2.79. The van der Waals surface area contributed by atoms with Crippen LogP contribution in [0.5, 0.6) is 0 Å². The number of carbonyl (C=O) groups excluding carboxylic acids is 1. The van der Waals surface area contributed by atoms with Gasteiger partial charge in [-0.3, -0.25) is 4.79 Å². The van der Waals surface area contributed by atoms with Gasteiger partial charge in [0.25, 0.3) is 5.91 Å². The maximum atomic E-state index is 12.9. The van der Waals surface area contributed by atoms with Crippen molar-refractivity contribution in [3.63, 3.8) is 0 Å². The molecule has 0 saturated heterocycles. The first kappa shape index (κ1) is 19.6. The van der Waals surface area contributed by atoms with Crippen LogP contribution in [0.4, 0.5) is 0 Å². The Labute approximate surface area is 179 Å². The molecule has 4 aromatic rings. The Morgan fingerprint density at radius 1 is 0.900 bits per heavy atom. The molecule has 0 unspecified atom stereocenters. The molecule has 146 valence electrons. The van der Waals surface area contributed by atoms with Crippen LogP contribution >= 0.6 is 11.6 Å². The molecule has 1 amide bonds. The summed E-state index contributed by atoms with van der Waals surface area (Å²) in [6.07, 6.45) is 3.18. The number of hydrogen-bond donors (Lipinski definition) is 1. The second kappa shape index (κ2) is 9.16. The van der Waals surface area contributed by atoms with E-state index < -0.39 is 0 Å². The van der Waals surface area contributed by atoms with E-state index in [2.05, 4.69) is 10.5 Å². The second-order valence-electron chi connectivity index (χ2n) is 6.58. The molecular formula is C25H18ClN3O. The number of rotatable bonds is 5. The van der Waals surface area contributed by atoms with Crippen molar-refractivity contribution in [2.45, 2.75) is 0 Å². The first-order chi connectivity index (χ1) is 14.7. The Morgan fingerprint density at radius 2 is 1.57 bits per heavy atom. The van der Waals surface area contributed by atoms with Gasteiger partial charge >= 0.3 is 0 Å². The Balaban J connectivity index is 1.60. The molecular weight excluding hydrogens is 394 g/mol. The maximum absolute atomic E-state index is 12.9. The molecule has 1 heterocycles. The number of nitrogens with one attached hydrogen (secondary N) is 1. The Morgan fingerprint density at radius 3 is 2.33 bits per heavy atom. The molecule has 30 heavy (non-hydrogen) atoms. The average molecular weight is 412 g/mol. The van der Waals surface area contributed by atoms with Gasteiger partial charge in [-0.05, 0) is 23.8 Å². The molecule has 0 aliphatic carbocycles. The van der Waals surface area contributed by atoms with Gasteiger partial charge in [-0.15, -0.1) is 0 Å². The van der Waals surface area contributed by atoms with Crippen molar-refractivity contribution in [3.8, 4) is 11.3 Å². The number of hydrogen-bond acceptors (Lipinski definition) is 3. The van der Waals surface area contributed by atoms with Gasteiger partial charge in [-0.1, -0.05) is 90.5 Å². The Hall–Kier alpha value is -3.76. The zero-order valence-electron chi connectivity index (χ0n) is 16.0. The lowest BCUT2D eigenvalue weighted by Gasteiger charge is -2.09. The van der Waals surface area contributed by atoms with Gasteiger partial charge in [0, 0.05) is 10.9 Å². The number of nitrogens with zero attached hydrogens (tertiary/aromatic N) is 2. The molecule has 5 heteroatoms. The Bertz CT molecular complexity index is 1240. The summed E-state index contributed by atoms with van der Waals surface area (Å²) in [7, 11) is 0. The third kappa shape index (κ3) is 4.62. The van der Waals surface area contributed by atoms with Crippen molar-refractivity contribution in [2.75, 3.05) is 0 Å². The summed E-state index contributed by atoms with van der Waals surface area (Å²) in [6.45, 7) is 0. The van der Waals surface area contributed by atoms with E-state index in [1.807, 2.05) is 84.9 Å². The van der Waals surface area contributed by atoms with Crippen molar-refractivity contribution < 1.29 is 4.79 Å². The fraction of sp³-hybridized carbons (Fsp3) is 0. The van der Waals surface area contributed by atoms with E-state index in [4.69, 9.17) is 16.6 Å². The molecule has 0 fully saturated rings. The molecule has 0 spiro atoms. The second-order valence-corrected chi connectivity index (χ2v) is 7.01. The topological polar surface area (TPSA) is 54.4 Å². The normalized spacial score (nSPS) is 11.7. The molecule has 4 nitrogen and oxygen atoms in total. The highest BCUT2D eigenvalue weighted by Crippen LogP contribution is 2.24. The SMILES string of the molecule is O=C(NN=CC(Cl)=Cc1ccccc1)c1cc(-c2ccccc2)nc2ccccc12. The number of halogens is 1. The first-order valence-corrected chi connectivity index (χ1v) is 9.79. The van der Waals surface area contributed by atoms with Crippen LogP contribution in [0.25, 0.3) is 28.2 Å². The summed E-state index contributed by atoms with van der Waals surface area (Å²) in [6, 6.07) is 28.7. The largest absolute Gasteiger partial charge is 0.272 e. The first-order valence-electron chi connectivity index (χ1n) is 9.41. The van der Waals surface area contributed by atoms with E-state index in [0.29, 0.717) is 10.6 Å². The molecule has 1 N–H and O–H groups in total. The number of hydrazone groups is 1. The molecule has 0 saturated carbocycles. The van der Waals surface area contributed by atoms with Crippen molar-refractivity contribution in [1.82, 2.24) is 10.4 Å². The van der Waals surface area contributed by atoms with E-state index in [1.54, 1.807) is 12.1 Å². The number of pyridine rings is 1. The lowest BCUT2D eigenvalue weighted by atomic mass is 10.0. The number of benzene rings is 3. The number of fused-ring (bicyclic) bond motifs is 1. The number of para-hydroxylation sites is 1. The molecule has 1 aromatic heterocycles. The van der Waals surface area contributed by atoms with Crippen LogP contribution < -0.4 is 5.43 Å². The molecule has 3 aromatic carbocycles. The predicted molar refractivity (Wildman–Crippen MR) is 123 cm³/mol. The van der Waals surface area contributed by atoms with Crippen molar-refractivity contribution >= 4 is 40.7 Å². The minimum absolute atomic E-state index is 0.328. The summed E-state index contributed by atoms with van der Waals surface area (Å²) < 4.78 is 0. The van der Waals surface area contributed by atoms with Crippen LogP contribution in [0.2, 0.25) is 0 Å². The van der Waals surface area contributed by atoms with Crippen LogP contribution in [0.3, 0.4) is 0 Å². The number of carbonyl (C=O) groups is 1. The zero-order valence-corrected chi connectivity index (χ0v) is 16.8. The molecule has 0 aliphatic heterocycles. The van der Waals surface area contributed by atoms with Gasteiger partial charge in [0.2, 0.25) is 0 Å². The minimum atomic E-state index is -0.328. The number of amides is 1. The lowest BCUT2D eigenvalue weighted by Crippen LogP contribution is -2.18. The van der Waals surface area contributed by atoms with Gasteiger partial charge in [-0.25, -0.2) is 10.4 Å². The van der Waals surface area contributed by atoms with E-state index in [1.165, 1.54) is 6.21 Å². The predicted octanol–water partition coefficient (Wildman–Crippen LogP) is 5.90. The number of aromatic nitrogens is 1. The summed E-state index contributed by atoms with van der Waals surface area (Å²) in [5.74, 6) is -0.328. The van der Waals surface area contributed by atoms with Gasteiger partial charge in [0.1, 0.15) is 0 Å². The van der Waals surface area contributed by atoms with E-state index >= 15 is 0 Å². The Kier molecular flexibility index (Phi) is 5.97. The monoisotopic (exact) mass is 411 g/mol. The maximum Gasteiger partial charge on any atom is 0.272 e. The highest BCUT2D eigenvalue weighted by molar-refractivity contribution is 6.41. The van der Waals surface area contributed by atoms with Crippen LogP contribution in [0.1, 0.15) is 15.9 Å². The van der Waals surface area contributed by atoms with Crippen LogP contribution in [-0.4, -0.2) is 17.1 Å². The summed E-state index contributed by atoms with van der Waals surface area (Å²) in [4.78, 5) is 17.6. The van der Waals surface area contributed by atoms with Gasteiger partial charge in [0.15, 0.2) is 0 Å². The smallest absolute Gasteiger partial charge is 0.267 e. The van der Waals surface area contributed by atoms with E-state index in [-0.39, 0.29) is 5.91 Å². The highest BCUT2D eigenvalue weighted by atomic mass is 35.5. The summed E-state index contributed by atoms with van der Waals surface area (Å²) in [5, 5.41) is 5.18. The van der Waals surface area contributed by atoms with Crippen LogP contribution in [0, 0.1) is 0 Å². The van der Waals surface area contributed by atoms with Gasteiger partial charge in [-0.2, -0.15) is 5.10 Å². The van der Waals surface area contributed by atoms with Gasteiger partial charge in [0.05, 0.1) is 28.0 Å². The molecule has 0 atom stereocenters. The van der Waals surface area contributed by atoms with Crippen LogP contribution in [0.15, 0.2) is 101 Å². The third-order valence-corrected chi connectivity index (χ3v) is 4.70. The van der Waals surface area contributed by atoms with Gasteiger partial charge < -0.3 is 0 Å². The quantitative estimate of drug-likeness (QED) is 0.328. The number of allylic oxidation sites excluding steroid dienone is 1. The van der Waals surface area contributed by atoms with Crippen LogP contribution in [-0.2, 0) is 0 Å². The van der Waals surface area contributed by atoms with E-state index in [9.17, 15) is 4.79 Å². The third-order valence-electron chi connectivity index (χ3n) is 4.49. The summed E-state index contributed by atoms with van der Waals surface area (Å²) >= 11 is 6.20. The highest BCUT2D eigenvalue weighted by Gasteiger charge is 2.13. The lowest BCUT2D eigenvalue weighted by molar-refractivity contribution is 0.0957. The van der Waals surface area contributed by atoms with Crippen molar-refractivity contribution in [2.24, 2.45) is 5.10 Å². The molecule has 0 radical (unpaired) electrons. The summed E-state index contributed by atoms with van der Waals surface area (Å²) in [5.41, 5.74) is 6.43. The minimum Gasteiger partial charge on any atom is -0.267 e. The van der Waals surface area contributed by atoms with Crippen molar-refractivity contribution in [3.05, 3.63) is 107 Å². The molecule has 0 bridgehead atoms. The van der Waals surface area contributed by atoms with Crippen molar-refractivity contribution in [1.29, 1.82) is 0 Å². The van der Waals surface area contributed by atoms with E-state index in [0.717, 1.165) is 27.7 Å². The molecule has 0 aliphatic rings. The standard InChI is InChI=1S/C25H18ClN3O/c26-20(15-18-9-3-1-4-10-18)17-27-29-25(30)22-16-24(19-11-5-2-6-12-19)28-23-14-8-7-13-21(22)23/h1-17H,(H,29,30). The fourth-order valence-electron chi connectivity index (χ4n) is 3.08. The zero-order chi connectivity index (χ0) is 20.8.